The number of nitrogens with zero attached hydrogens (tertiary/aromatic N) is 4. The Hall–Kier alpha value is -2.21. The summed E-state index contributed by atoms with van der Waals surface area (Å²) in [5.74, 6) is 1.09. The van der Waals surface area contributed by atoms with Crippen molar-refractivity contribution in [3.8, 4) is 5.69 Å². The smallest absolute Gasteiger partial charge is 0.167 e. The van der Waals surface area contributed by atoms with Crippen LogP contribution < -0.4 is 0 Å². The van der Waals surface area contributed by atoms with Crippen molar-refractivity contribution in [3.05, 3.63) is 42.9 Å². The molecule has 0 fully saturated rings. The van der Waals surface area contributed by atoms with Gasteiger partial charge in [0.2, 0.25) is 0 Å². The number of para-hydroxylation sites is 1. The second-order valence-electron chi connectivity index (χ2n) is 4.96. The van der Waals surface area contributed by atoms with Crippen LogP contribution in [0.15, 0.2) is 47.9 Å². The van der Waals surface area contributed by atoms with Crippen molar-refractivity contribution in [1.82, 2.24) is 19.7 Å². The van der Waals surface area contributed by atoms with E-state index in [4.69, 9.17) is 0 Å². The van der Waals surface area contributed by atoms with Crippen LogP contribution in [0.1, 0.15) is 19.8 Å². The first kappa shape index (κ1) is 14.7. The molecule has 0 bridgehead atoms. The number of Topliss-reactive ketones (excluding diaryl/α,β-unsaturated/α-hetero) is 1. The monoisotopic (exact) mass is 312 g/mol. The molecule has 6 heteroatoms. The number of hydrogen-bond acceptors (Lipinski definition) is 5. The summed E-state index contributed by atoms with van der Waals surface area (Å²) < 4.78 is 1.82. The largest absolute Gasteiger partial charge is 0.300 e. The van der Waals surface area contributed by atoms with Crippen LogP contribution in [0.4, 0.5) is 0 Å². The van der Waals surface area contributed by atoms with Crippen molar-refractivity contribution in [2.24, 2.45) is 0 Å². The number of ketones is 1. The molecule has 0 aliphatic rings. The van der Waals surface area contributed by atoms with Gasteiger partial charge in [0.05, 0.1) is 17.3 Å². The summed E-state index contributed by atoms with van der Waals surface area (Å²) >= 11 is 1.64. The first-order valence-corrected chi connectivity index (χ1v) is 8.10. The summed E-state index contributed by atoms with van der Waals surface area (Å²) in [4.78, 5) is 19.7. The molecule has 0 N–H and O–H groups in total. The zero-order valence-electron chi connectivity index (χ0n) is 12.3. The third-order valence-corrected chi connectivity index (χ3v) is 4.33. The standard InChI is InChI=1S/C16H16N4OS/c1-12(21)6-5-9-22-16-14-10-19-20(15(14)17-11-18-16)13-7-3-2-4-8-13/h2-4,7-8,10-11H,5-6,9H2,1H3. The van der Waals surface area contributed by atoms with Gasteiger partial charge >= 0.3 is 0 Å². The number of rotatable bonds is 6. The van der Waals surface area contributed by atoms with E-state index in [2.05, 4.69) is 15.1 Å². The molecule has 22 heavy (non-hydrogen) atoms. The van der Waals surface area contributed by atoms with Gasteiger partial charge in [-0.2, -0.15) is 5.10 Å². The second-order valence-corrected chi connectivity index (χ2v) is 6.05. The van der Waals surface area contributed by atoms with Gasteiger partial charge in [-0.1, -0.05) is 18.2 Å². The Kier molecular flexibility index (Phi) is 4.48. The number of aromatic nitrogens is 4. The predicted octanol–water partition coefficient (Wildman–Crippen LogP) is 3.28. The number of benzene rings is 1. The average Bonchev–Trinajstić information content (AvgIpc) is 2.97. The Balaban J connectivity index is 1.85. The lowest BCUT2D eigenvalue weighted by molar-refractivity contribution is -0.117. The molecule has 2 heterocycles. The maximum Gasteiger partial charge on any atom is 0.167 e. The molecule has 0 radical (unpaired) electrons. The van der Waals surface area contributed by atoms with Crippen molar-refractivity contribution in [2.75, 3.05) is 5.75 Å². The van der Waals surface area contributed by atoms with E-state index in [1.165, 1.54) is 0 Å². The third kappa shape index (κ3) is 3.17. The molecule has 0 aliphatic carbocycles. The lowest BCUT2D eigenvalue weighted by atomic mass is 10.3. The summed E-state index contributed by atoms with van der Waals surface area (Å²) in [7, 11) is 0. The SMILES string of the molecule is CC(=O)CCCSc1ncnc2c1cnn2-c1ccccc1. The fourth-order valence-electron chi connectivity index (χ4n) is 2.19. The van der Waals surface area contributed by atoms with Crippen LogP contribution in [0.2, 0.25) is 0 Å². The Morgan fingerprint density at radius 3 is 2.82 bits per heavy atom. The Morgan fingerprint density at radius 2 is 2.05 bits per heavy atom. The summed E-state index contributed by atoms with van der Waals surface area (Å²) in [6.07, 6.45) is 4.84. The van der Waals surface area contributed by atoms with Crippen molar-refractivity contribution >= 4 is 28.6 Å². The lowest BCUT2D eigenvalue weighted by Crippen LogP contribution is -1.97. The fraction of sp³-hybridized carbons (Fsp3) is 0.250. The van der Waals surface area contributed by atoms with Gasteiger partial charge in [-0.15, -0.1) is 11.8 Å². The molecular weight excluding hydrogens is 296 g/mol. The number of carbonyl (C=O) groups is 1. The van der Waals surface area contributed by atoms with Gasteiger partial charge in [0.25, 0.3) is 0 Å². The minimum Gasteiger partial charge on any atom is -0.300 e. The number of hydrogen-bond donors (Lipinski definition) is 0. The molecule has 3 rings (SSSR count). The van der Waals surface area contributed by atoms with E-state index in [9.17, 15) is 4.79 Å². The van der Waals surface area contributed by atoms with Crippen molar-refractivity contribution in [3.63, 3.8) is 0 Å². The highest BCUT2D eigenvalue weighted by Gasteiger charge is 2.11. The highest BCUT2D eigenvalue weighted by atomic mass is 32.2. The number of thioether (sulfide) groups is 1. The van der Waals surface area contributed by atoms with Gasteiger partial charge in [0.15, 0.2) is 5.65 Å². The number of carbonyl (C=O) groups excluding carboxylic acids is 1. The molecule has 0 unspecified atom stereocenters. The third-order valence-electron chi connectivity index (χ3n) is 3.24. The van der Waals surface area contributed by atoms with Gasteiger partial charge in [-0.25, -0.2) is 14.6 Å². The number of fused-ring (bicyclic) bond motifs is 1. The maximum atomic E-state index is 11.0. The van der Waals surface area contributed by atoms with E-state index in [0.29, 0.717) is 6.42 Å². The minimum atomic E-state index is 0.227. The zero-order chi connectivity index (χ0) is 15.4. The molecule has 2 aromatic heterocycles. The van der Waals surface area contributed by atoms with Crippen LogP contribution >= 0.6 is 11.8 Å². The van der Waals surface area contributed by atoms with Crippen LogP contribution in [0.3, 0.4) is 0 Å². The minimum absolute atomic E-state index is 0.227. The normalized spacial score (nSPS) is 11.0. The van der Waals surface area contributed by atoms with Crippen LogP contribution in [0.25, 0.3) is 16.7 Å². The zero-order valence-corrected chi connectivity index (χ0v) is 13.1. The van der Waals surface area contributed by atoms with Crippen LogP contribution in [0.5, 0.6) is 0 Å². The molecule has 0 spiro atoms. The van der Waals surface area contributed by atoms with Crippen LogP contribution in [0, 0.1) is 0 Å². The highest BCUT2D eigenvalue weighted by Crippen LogP contribution is 2.26. The highest BCUT2D eigenvalue weighted by molar-refractivity contribution is 7.99. The van der Waals surface area contributed by atoms with Gasteiger partial charge in [0, 0.05) is 6.42 Å². The Bertz CT molecular complexity index is 785. The second kappa shape index (κ2) is 6.70. The summed E-state index contributed by atoms with van der Waals surface area (Å²) in [6.45, 7) is 1.62. The van der Waals surface area contributed by atoms with Crippen molar-refractivity contribution < 1.29 is 4.79 Å². The molecule has 0 aliphatic heterocycles. The van der Waals surface area contributed by atoms with Crippen molar-refractivity contribution in [2.45, 2.75) is 24.8 Å². The molecule has 1 aromatic carbocycles. The van der Waals surface area contributed by atoms with Crippen LogP contribution in [-0.4, -0.2) is 31.3 Å². The van der Waals surface area contributed by atoms with Crippen LogP contribution in [-0.2, 0) is 4.79 Å². The molecule has 0 saturated heterocycles. The fourth-order valence-corrected chi connectivity index (χ4v) is 3.09. The van der Waals surface area contributed by atoms with Gasteiger partial charge in [-0.3, -0.25) is 0 Å². The lowest BCUT2D eigenvalue weighted by Gasteiger charge is -2.03. The van der Waals surface area contributed by atoms with Gasteiger partial charge < -0.3 is 4.79 Å². The van der Waals surface area contributed by atoms with E-state index >= 15 is 0 Å². The molecule has 0 amide bonds. The average molecular weight is 312 g/mol. The summed E-state index contributed by atoms with van der Waals surface area (Å²) in [6, 6.07) is 9.91. The van der Waals surface area contributed by atoms with E-state index in [-0.39, 0.29) is 5.78 Å². The Labute approximate surface area is 132 Å². The molecule has 0 saturated carbocycles. The van der Waals surface area contributed by atoms with Gasteiger partial charge in [0.1, 0.15) is 17.1 Å². The topological polar surface area (TPSA) is 60.7 Å². The maximum absolute atomic E-state index is 11.0. The van der Waals surface area contributed by atoms with E-state index in [1.54, 1.807) is 31.2 Å². The van der Waals surface area contributed by atoms with E-state index < -0.39 is 0 Å². The van der Waals surface area contributed by atoms with E-state index in [0.717, 1.165) is 33.9 Å². The molecule has 5 nitrogen and oxygen atoms in total. The predicted molar refractivity (Wildman–Crippen MR) is 87.3 cm³/mol. The molecular formula is C16H16N4OS. The van der Waals surface area contributed by atoms with E-state index in [1.807, 2.05) is 35.0 Å². The summed E-state index contributed by atoms with van der Waals surface area (Å²) in [5, 5.41) is 6.29. The molecule has 3 aromatic rings. The Morgan fingerprint density at radius 1 is 1.23 bits per heavy atom. The first-order valence-electron chi connectivity index (χ1n) is 7.12. The van der Waals surface area contributed by atoms with Crippen molar-refractivity contribution in [1.29, 1.82) is 0 Å². The summed E-state index contributed by atoms with van der Waals surface area (Å²) in [5.41, 5.74) is 1.78. The van der Waals surface area contributed by atoms with Gasteiger partial charge in [-0.05, 0) is 31.2 Å². The molecule has 0 atom stereocenters. The molecule has 112 valence electrons. The first-order chi connectivity index (χ1) is 10.8. The quantitative estimate of drug-likeness (QED) is 0.397.